The summed E-state index contributed by atoms with van der Waals surface area (Å²) in [5.41, 5.74) is 1.07. The molecule has 0 bridgehead atoms. The van der Waals surface area contributed by atoms with Crippen molar-refractivity contribution in [2.45, 2.75) is 6.54 Å². The lowest BCUT2D eigenvalue weighted by Gasteiger charge is -2.16. The van der Waals surface area contributed by atoms with Crippen molar-refractivity contribution in [2.24, 2.45) is 0 Å². The smallest absolute Gasteiger partial charge is 0.300 e. The number of hydrogen-bond donors (Lipinski definition) is 2. The van der Waals surface area contributed by atoms with Gasteiger partial charge in [0, 0.05) is 18.9 Å². The highest BCUT2D eigenvalue weighted by Gasteiger charge is 2.22. The van der Waals surface area contributed by atoms with Gasteiger partial charge in [-0.2, -0.15) is 13.1 Å². The number of nitrogens with zero attached hydrogens (tertiary/aromatic N) is 4. The summed E-state index contributed by atoms with van der Waals surface area (Å²) in [4.78, 5) is 16.6. The highest BCUT2D eigenvalue weighted by molar-refractivity contribution is 7.90. The Labute approximate surface area is 201 Å². The normalized spacial score (nSPS) is 11.1. The lowest BCUT2D eigenvalue weighted by atomic mass is 10.2. The highest BCUT2D eigenvalue weighted by atomic mass is 35.5. The van der Waals surface area contributed by atoms with Crippen LogP contribution in [0.25, 0.3) is 11.5 Å². The van der Waals surface area contributed by atoms with Crippen LogP contribution < -0.4 is 18.9 Å². The van der Waals surface area contributed by atoms with Gasteiger partial charge in [0.25, 0.3) is 0 Å². The maximum Gasteiger partial charge on any atom is 0.300 e. The molecule has 2 heterocycles. The van der Waals surface area contributed by atoms with Crippen molar-refractivity contribution in [3.05, 3.63) is 83.9 Å². The molecule has 0 fully saturated rings. The van der Waals surface area contributed by atoms with Gasteiger partial charge in [0.05, 0.1) is 13.3 Å². The molecule has 2 aromatic carbocycles. The maximum absolute atomic E-state index is 12.8. The molecule has 0 aliphatic carbocycles. The molecule has 10 nitrogen and oxygen atoms in total. The number of ether oxygens (including phenoxy) is 2. The average Bonchev–Trinajstić information content (AvgIpc) is 2.86. The average molecular weight is 499 g/mol. The zero-order valence-corrected chi connectivity index (χ0v) is 19.4. The molecule has 0 spiro atoms. The van der Waals surface area contributed by atoms with Crippen molar-refractivity contribution in [3.8, 4) is 28.8 Å². The SMILES string of the molecule is COc1ccccc1Oc1c(Cl)nc(-c2cnccn2)nc1NS(=O)(=O)NCc1ccccc1. The predicted molar refractivity (Wildman–Crippen MR) is 127 cm³/mol. The molecule has 174 valence electrons. The van der Waals surface area contributed by atoms with Crippen molar-refractivity contribution in [1.82, 2.24) is 24.7 Å². The van der Waals surface area contributed by atoms with E-state index in [2.05, 4.69) is 29.4 Å². The molecule has 0 amide bonds. The van der Waals surface area contributed by atoms with E-state index in [1.54, 1.807) is 36.4 Å². The van der Waals surface area contributed by atoms with E-state index in [4.69, 9.17) is 21.1 Å². The zero-order valence-electron chi connectivity index (χ0n) is 17.8. The van der Waals surface area contributed by atoms with Crippen molar-refractivity contribution in [1.29, 1.82) is 0 Å². The van der Waals surface area contributed by atoms with Crippen LogP contribution in [-0.4, -0.2) is 35.5 Å². The minimum absolute atomic E-state index is 0.0613. The molecule has 2 N–H and O–H groups in total. The fourth-order valence-corrected chi connectivity index (χ4v) is 3.89. The van der Waals surface area contributed by atoms with Crippen LogP contribution in [0.15, 0.2) is 73.2 Å². The van der Waals surface area contributed by atoms with Crippen LogP contribution in [0, 0.1) is 0 Å². The molecule has 4 rings (SSSR count). The number of hydrogen-bond acceptors (Lipinski definition) is 8. The summed E-state index contributed by atoms with van der Waals surface area (Å²) < 4.78 is 41.7. The van der Waals surface area contributed by atoms with Gasteiger partial charge in [0.2, 0.25) is 5.75 Å². The van der Waals surface area contributed by atoms with Gasteiger partial charge in [-0.1, -0.05) is 54.1 Å². The molecule has 0 saturated carbocycles. The van der Waals surface area contributed by atoms with E-state index < -0.39 is 10.2 Å². The molecular weight excluding hydrogens is 480 g/mol. The Hall–Kier alpha value is -3.80. The number of para-hydroxylation sites is 2. The first-order valence-corrected chi connectivity index (χ1v) is 11.8. The largest absolute Gasteiger partial charge is 0.493 e. The lowest BCUT2D eigenvalue weighted by molar-refractivity contribution is 0.378. The van der Waals surface area contributed by atoms with Crippen LogP contribution in [0.2, 0.25) is 5.15 Å². The maximum atomic E-state index is 12.8. The molecule has 0 aliphatic rings. The number of halogens is 1. The third-order valence-corrected chi connectivity index (χ3v) is 5.68. The number of benzene rings is 2. The summed E-state index contributed by atoms with van der Waals surface area (Å²) in [7, 11) is -2.59. The van der Waals surface area contributed by atoms with Crippen LogP contribution in [0.5, 0.6) is 17.2 Å². The predicted octanol–water partition coefficient (Wildman–Crippen LogP) is 3.83. The monoisotopic (exact) mass is 498 g/mol. The van der Waals surface area contributed by atoms with E-state index in [-0.39, 0.29) is 29.1 Å². The Morgan fingerprint density at radius 3 is 2.41 bits per heavy atom. The molecule has 0 unspecified atom stereocenters. The third-order valence-electron chi connectivity index (χ3n) is 4.44. The van der Waals surface area contributed by atoms with Crippen LogP contribution in [-0.2, 0) is 16.8 Å². The Morgan fingerprint density at radius 2 is 1.71 bits per heavy atom. The van der Waals surface area contributed by atoms with Crippen molar-refractivity contribution >= 4 is 27.6 Å². The minimum atomic E-state index is -4.08. The first-order valence-electron chi connectivity index (χ1n) is 9.91. The van der Waals surface area contributed by atoms with Crippen molar-refractivity contribution < 1.29 is 17.9 Å². The number of methoxy groups -OCH3 is 1. The van der Waals surface area contributed by atoms with Gasteiger partial charge < -0.3 is 9.47 Å². The van der Waals surface area contributed by atoms with E-state index in [0.29, 0.717) is 17.2 Å². The minimum Gasteiger partial charge on any atom is -0.493 e. The van der Waals surface area contributed by atoms with Crippen LogP contribution in [0.1, 0.15) is 5.56 Å². The Bertz CT molecular complexity index is 1380. The molecule has 0 aliphatic heterocycles. The Balaban J connectivity index is 1.70. The van der Waals surface area contributed by atoms with Gasteiger partial charge >= 0.3 is 10.2 Å². The lowest BCUT2D eigenvalue weighted by Crippen LogP contribution is -2.30. The van der Waals surface area contributed by atoms with Gasteiger partial charge in [0.1, 0.15) is 5.69 Å². The Morgan fingerprint density at radius 1 is 0.971 bits per heavy atom. The standard InChI is InChI=1S/C22H19ClN6O4S/c1-32-17-9-5-6-10-18(17)33-19-20(23)27-21(16-14-24-11-12-25-16)28-22(19)29-34(30,31)26-13-15-7-3-2-4-8-15/h2-12,14,26H,13H2,1H3,(H,27,28,29). The first-order chi connectivity index (χ1) is 16.4. The van der Waals surface area contributed by atoms with Crippen molar-refractivity contribution in [3.63, 3.8) is 0 Å². The van der Waals surface area contributed by atoms with Gasteiger partial charge in [-0.25, -0.2) is 15.0 Å². The highest BCUT2D eigenvalue weighted by Crippen LogP contribution is 2.39. The summed E-state index contributed by atoms with van der Waals surface area (Å²) in [5, 5.41) is -0.137. The number of nitrogens with one attached hydrogen (secondary N) is 2. The number of rotatable bonds is 9. The second kappa shape index (κ2) is 10.4. The number of aromatic nitrogens is 4. The van der Waals surface area contributed by atoms with Crippen LogP contribution >= 0.6 is 11.6 Å². The van der Waals surface area contributed by atoms with Crippen LogP contribution in [0.3, 0.4) is 0 Å². The second-order valence-electron chi connectivity index (χ2n) is 6.77. The second-order valence-corrected chi connectivity index (χ2v) is 8.63. The quantitative estimate of drug-likeness (QED) is 0.333. The number of anilines is 1. The summed E-state index contributed by atoms with van der Waals surface area (Å²) in [6, 6.07) is 15.9. The van der Waals surface area contributed by atoms with Gasteiger partial charge in [-0.15, -0.1) is 0 Å². The summed E-state index contributed by atoms with van der Waals surface area (Å²) in [6.07, 6.45) is 4.37. The summed E-state index contributed by atoms with van der Waals surface area (Å²) >= 11 is 6.41. The van der Waals surface area contributed by atoms with Crippen molar-refractivity contribution in [2.75, 3.05) is 11.8 Å². The molecule has 2 aromatic heterocycles. The summed E-state index contributed by atoms with van der Waals surface area (Å²) in [6.45, 7) is 0.0642. The summed E-state index contributed by atoms with van der Waals surface area (Å²) in [5.74, 6) is 0.468. The fraction of sp³-hybridized carbons (Fsp3) is 0.0909. The fourth-order valence-electron chi connectivity index (χ4n) is 2.86. The molecule has 0 saturated heterocycles. The molecule has 34 heavy (non-hydrogen) atoms. The van der Waals surface area contributed by atoms with E-state index in [0.717, 1.165) is 5.56 Å². The molecule has 0 atom stereocenters. The molecule has 0 radical (unpaired) electrons. The Kier molecular flexibility index (Phi) is 7.16. The molecule has 4 aromatic rings. The molecule has 12 heteroatoms. The van der Waals surface area contributed by atoms with Gasteiger partial charge in [-0.05, 0) is 17.7 Å². The topological polar surface area (TPSA) is 128 Å². The van der Waals surface area contributed by atoms with E-state index in [9.17, 15) is 8.42 Å². The third kappa shape index (κ3) is 5.76. The van der Waals surface area contributed by atoms with Crippen LogP contribution in [0.4, 0.5) is 5.82 Å². The van der Waals surface area contributed by atoms with E-state index in [1.165, 1.54) is 25.7 Å². The van der Waals surface area contributed by atoms with E-state index in [1.807, 2.05) is 18.2 Å². The van der Waals surface area contributed by atoms with Gasteiger partial charge in [0.15, 0.2) is 28.3 Å². The zero-order chi connectivity index (χ0) is 24.0. The first kappa shape index (κ1) is 23.4. The molecular formula is C22H19ClN6O4S. The van der Waals surface area contributed by atoms with E-state index >= 15 is 0 Å². The van der Waals surface area contributed by atoms with Gasteiger partial charge in [-0.3, -0.25) is 9.71 Å².